The highest BCUT2D eigenvalue weighted by molar-refractivity contribution is 6.21. The normalized spacial score (nSPS) is 12.9. The molecule has 0 amide bonds. The summed E-state index contributed by atoms with van der Waals surface area (Å²) < 4.78 is 0. The predicted octanol–water partition coefficient (Wildman–Crippen LogP) is 17.6. The molecule has 2 nitrogen and oxygen atoms in total. The fourth-order valence-corrected chi connectivity index (χ4v) is 11.7. The molecule has 2 heteroatoms. The maximum Gasteiger partial charge on any atom is 0.0731 e. The van der Waals surface area contributed by atoms with Gasteiger partial charge in [0.15, 0.2) is 0 Å². The highest BCUT2D eigenvalue weighted by Gasteiger charge is 2.53. The van der Waals surface area contributed by atoms with Crippen LogP contribution in [0.25, 0.3) is 54.6 Å². The molecule has 2 aliphatic rings. The van der Waals surface area contributed by atoms with Gasteiger partial charge in [0.05, 0.1) is 5.41 Å². The summed E-state index contributed by atoms with van der Waals surface area (Å²) in [6.07, 6.45) is 2.01. The zero-order chi connectivity index (χ0) is 44.6. The van der Waals surface area contributed by atoms with E-state index in [0.717, 1.165) is 47.0 Å². The molecule has 11 aromatic rings. The Bertz CT molecular complexity index is 3660. The van der Waals surface area contributed by atoms with Crippen molar-refractivity contribution in [3.63, 3.8) is 0 Å². The van der Waals surface area contributed by atoms with E-state index in [4.69, 9.17) is 0 Å². The molecular weight excluding hydrogens is 809 g/mol. The zero-order valence-corrected chi connectivity index (χ0v) is 37.7. The standard InChI is InChI=1S/C65H48N2/c1-3-43-27-32-49(33-28-43)66(47-17-7-5-8-18-47)51-36-31-45-40-59-62(41-46(45)39-51)65(60-25-15-13-22-54(60)55-23-14-16-26-61(55)65)64-57-38-37-52(42-58(57)53-21-11-12-24-56(53)63(59)64)67(48-19-9-6-10-20-48)50-34-29-44(4-2)30-35-50/h5-42H,3-4H2,1-2H3. The first-order valence-electron chi connectivity index (χ1n) is 23.8. The van der Waals surface area contributed by atoms with E-state index in [2.05, 4.69) is 254 Å². The Balaban J connectivity index is 1.10. The molecule has 0 bridgehead atoms. The summed E-state index contributed by atoms with van der Waals surface area (Å²) in [4.78, 5) is 4.80. The van der Waals surface area contributed by atoms with Crippen LogP contribution in [-0.4, -0.2) is 0 Å². The monoisotopic (exact) mass is 856 g/mol. The Morgan fingerprint density at radius 2 is 0.791 bits per heavy atom. The Kier molecular flexibility index (Phi) is 9.05. The molecular formula is C65H48N2. The topological polar surface area (TPSA) is 6.48 Å². The van der Waals surface area contributed by atoms with Gasteiger partial charge in [0.1, 0.15) is 0 Å². The first-order valence-corrected chi connectivity index (χ1v) is 23.8. The number of aryl methyl sites for hydroxylation is 2. The number of rotatable bonds is 8. The van der Waals surface area contributed by atoms with Crippen molar-refractivity contribution in [1.82, 2.24) is 0 Å². The maximum atomic E-state index is 2.54. The van der Waals surface area contributed by atoms with Crippen LogP contribution in [0, 0.1) is 0 Å². The number of hydrogen-bond acceptors (Lipinski definition) is 2. The average Bonchev–Trinajstić information content (AvgIpc) is 3.86. The summed E-state index contributed by atoms with van der Waals surface area (Å²) in [6.45, 7) is 4.43. The molecule has 0 unspecified atom stereocenters. The molecule has 2 aliphatic carbocycles. The first kappa shape index (κ1) is 39.2. The van der Waals surface area contributed by atoms with Gasteiger partial charge in [-0.1, -0.05) is 159 Å². The van der Waals surface area contributed by atoms with Crippen molar-refractivity contribution in [2.45, 2.75) is 32.1 Å². The molecule has 0 heterocycles. The minimum absolute atomic E-state index is 0.559. The van der Waals surface area contributed by atoms with Crippen LogP contribution in [0.15, 0.2) is 231 Å². The molecule has 11 aromatic carbocycles. The maximum absolute atomic E-state index is 2.54. The van der Waals surface area contributed by atoms with Gasteiger partial charge in [-0.3, -0.25) is 0 Å². The van der Waals surface area contributed by atoms with Gasteiger partial charge >= 0.3 is 0 Å². The summed E-state index contributed by atoms with van der Waals surface area (Å²) in [5, 5.41) is 7.53. The second-order valence-electron chi connectivity index (χ2n) is 18.2. The SMILES string of the molecule is CCc1ccc(N(c2ccccc2)c2ccc3cc4c(cc3c2)C2(c3ccccc3-c3ccccc32)c2c-4c3ccccc3c3cc(N(c4ccccc4)c4ccc(CC)cc4)ccc23)cc1. The predicted molar refractivity (Wildman–Crippen MR) is 283 cm³/mol. The molecule has 0 saturated carbocycles. The summed E-state index contributed by atoms with van der Waals surface area (Å²) >= 11 is 0. The van der Waals surface area contributed by atoms with Gasteiger partial charge in [0, 0.05) is 34.1 Å². The molecule has 0 atom stereocenters. The van der Waals surface area contributed by atoms with Crippen LogP contribution in [0.3, 0.4) is 0 Å². The van der Waals surface area contributed by atoms with E-state index in [0.29, 0.717) is 0 Å². The highest BCUT2D eigenvalue weighted by atomic mass is 15.1. The van der Waals surface area contributed by atoms with Crippen molar-refractivity contribution < 1.29 is 0 Å². The van der Waals surface area contributed by atoms with E-state index in [1.165, 1.54) is 88.0 Å². The number of benzene rings is 11. The van der Waals surface area contributed by atoms with Gasteiger partial charge in [-0.05, 0) is 186 Å². The van der Waals surface area contributed by atoms with Crippen LogP contribution in [-0.2, 0) is 18.3 Å². The third kappa shape index (κ3) is 5.89. The largest absolute Gasteiger partial charge is 0.310 e. The molecule has 0 fully saturated rings. The summed E-state index contributed by atoms with van der Waals surface area (Å²) in [5.74, 6) is 0. The lowest BCUT2D eigenvalue weighted by Gasteiger charge is -2.32. The van der Waals surface area contributed by atoms with Crippen molar-refractivity contribution >= 4 is 66.4 Å². The van der Waals surface area contributed by atoms with Gasteiger partial charge in [-0.25, -0.2) is 0 Å². The molecule has 0 N–H and O–H groups in total. The van der Waals surface area contributed by atoms with Crippen molar-refractivity contribution in [3.05, 3.63) is 264 Å². The van der Waals surface area contributed by atoms with E-state index < -0.39 is 5.41 Å². The molecule has 67 heavy (non-hydrogen) atoms. The molecule has 318 valence electrons. The van der Waals surface area contributed by atoms with E-state index >= 15 is 0 Å². The van der Waals surface area contributed by atoms with Crippen molar-refractivity contribution in [1.29, 1.82) is 0 Å². The molecule has 13 rings (SSSR count). The van der Waals surface area contributed by atoms with Gasteiger partial charge in [0.25, 0.3) is 0 Å². The quantitative estimate of drug-likeness (QED) is 0.141. The average molecular weight is 857 g/mol. The van der Waals surface area contributed by atoms with Crippen LogP contribution in [0.4, 0.5) is 34.1 Å². The molecule has 0 radical (unpaired) electrons. The Morgan fingerprint density at radius 3 is 1.37 bits per heavy atom. The number of hydrogen-bond donors (Lipinski definition) is 0. The van der Waals surface area contributed by atoms with Crippen LogP contribution in [0.1, 0.15) is 47.2 Å². The molecule has 0 aromatic heterocycles. The number of para-hydroxylation sites is 2. The second kappa shape index (κ2) is 15.5. The van der Waals surface area contributed by atoms with Crippen LogP contribution >= 0.6 is 0 Å². The molecule has 0 aliphatic heterocycles. The van der Waals surface area contributed by atoms with Crippen molar-refractivity contribution in [2.75, 3.05) is 9.80 Å². The van der Waals surface area contributed by atoms with Gasteiger partial charge < -0.3 is 9.80 Å². The summed E-state index contributed by atoms with van der Waals surface area (Å²) in [6, 6.07) is 86.6. The minimum Gasteiger partial charge on any atom is -0.310 e. The van der Waals surface area contributed by atoms with Crippen LogP contribution in [0.5, 0.6) is 0 Å². The third-order valence-electron chi connectivity index (χ3n) is 14.7. The third-order valence-corrected chi connectivity index (χ3v) is 14.7. The fourth-order valence-electron chi connectivity index (χ4n) is 11.7. The molecule has 1 spiro atoms. The first-order chi connectivity index (χ1) is 33.1. The number of nitrogens with zero attached hydrogens (tertiary/aromatic N) is 2. The minimum atomic E-state index is -0.559. The van der Waals surface area contributed by atoms with Crippen molar-refractivity contribution in [3.8, 4) is 22.3 Å². The lowest BCUT2D eigenvalue weighted by atomic mass is 9.69. The van der Waals surface area contributed by atoms with E-state index in [-0.39, 0.29) is 0 Å². The summed E-state index contributed by atoms with van der Waals surface area (Å²) in [5.41, 5.74) is 19.6. The van der Waals surface area contributed by atoms with Crippen LogP contribution < -0.4 is 9.80 Å². The van der Waals surface area contributed by atoms with Gasteiger partial charge in [-0.2, -0.15) is 0 Å². The highest BCUT2D eigenvalue weighted by Crippen LogP contribution is 2.66. The Hall–Kier alpha value is -8.20. The van der Waals surface area contributed by atoms with E-state index in [1.54, 1.807) is 0 Å². The lowest BCUT2D eigenvalue weighted by molar-refractivity contribution is 0.803. The second-order valence-corrected chi connectivity index (χ2v) is 18.2. The van der Waals surface area contributed by atoms with E-state index in [9.17, 15) is 0 Å². The van der Waals surface area contributed by atoms with Crippen LogP contribution in [0.2, 0.25) is 0 Å². The number of fused-ring (bicyclic) bond motifs is 16. The number of anilines is 6. The smallest absolute Gasteiger partial charge is 0.0731 e. The lowest BCUT2D eigenvalue weighted by Crippen LogP contribution is -2.26. The van der Waals surface area contributed by atoms with Crippen molar-refractivity contribution in [2.24, 2.45) is 0 Å². The Morgan fingerprint density at radius 1 is 0.313 bits per heavy atom. The summed E-state index contributed by atoms with van der Waals surface area (Å²) in [7, 11) is 0. The van der Waals surface area contributed by atoms with Gasteiger partial charge in [-0.15, -0.1) is 0 Å². The Labute approximate surface area is 392 Å². The van der Waals surface area contributed by atoms with E-state index in [1.807, 2.05) is 0 Å². The van der Waals surface area contributed by atoms with Gasteiger partial charge in [0.2, 0.25) is 0 Å². The molecule has 0 saturated heterocycles. The fraction of sp³-hybridized carbons (Fsp3) is 0.0769. The zero-order valence-electron chi connectivity index (χ0n) is 37.7.